The average Bonchev–Trinajstić information content (AvgIpc) is 2.22. The molecule has 0 aliphatic carbocycles. The summed E-state index contributed by atoms with van der Waals surface area (Å²) in [6.45, 7) is 4.29. The highest BCUT2D eigenvalue weighted by molar-refractivity contribution is 6.20. The van der Waals surface area contributed by atoms with Crippen LogP contribution in [0, 0.1) is 11.7 Å². The largest absolute Gasteiger partial charge is 0.207 e. The van der Waals surface area contributed by atoms with Crippen LogP contribution in [0.1, 0.15) is 32.3 Å². The second-order valence-corrected chi connectivity index (χ2v) is 4.67. The third-order valence-corrected chi connectivity index (χ3v) is 3.30. The van der Waals surface area contributed by atoms with Crippen molar-refractivity contribution < 1.29 is 4.39 Å². The Labute approximate surface area is 96.5 Å². The zero-order valence-electron chi connectivity index (χ0n) is 9.34. The summed E-state index contributed by atoms with van der Waals surface area (Å²) in [4.78, 5) is 0. The fourth-order valence-electron chi connectivity index (χ4n) is 1.68. The van der Waals surface area contributed by atoms with E-state index >= 15 is 0 Å². The van der Waals surface area contributed by atoms with Gasteiger partial charge in [-0.2, -0.15) is 0 Å². The SMILES string of the molecule is CCCC(Cl)C(C)Cc1ccc(F)cc1. The van der Waals surface area contributed by atoms with Crippen LogP contribution in [0.3, 0.4) is 0 Å². The lowest BCUT2D eigenvalue weighted by Crippen LogP contribution is -2.13. The first-order valence-electron chi connectivity index (χ1n) is 5.52. The molecule has 0 bridgehead atoms. The minimum atomic E-state index is -0.178. The molecule has 1 rings (SSSR count). The third kappa shape index (κ3) is 4.21. The number of benzene rings is 1. The summed E-state index contributed by atoms with van der Waals surface area (Å²) < 4.78 is 12.7. The molecule has 15 heavy (non-hydrogen) atoms. The predicted molar refractivity (Wildman–Crippen MR) is 63.8 cm³/mol. The zero-order valence-corrected chi connectivity index (χ0v) is 10.1. The van der Waals surface area contributed by atoms with Crippen molar-refractivity contribution in [1.29, 1.82) is 0 Å². The van der Waals surface area contributed by atoms with E-state index in [1.54, 1.807) is 0 Å². The van der Waals surface area contributed by atoms with Gasteiger partial charge in [-0.3, -0.25) is 0 Å². The molecule has 0 saturated carbocycles. The highest BCUT2D eigenvalue weighted by Gasteiger charge is 2.13. The normalized spacial score (nSPS) is 14.9. The summed E-state index contributed by atoms with van der Waals surface area (Å²) in [5.74, 6) is 0.263. The number of hydrogen-bond donors (Lipinski definition) is 0. The van der Waals surface area contributed by atoms with Crippen LogP contribution in [0.25, 0.3) is 0 Å². The van der Waals surface area contributed by atoms with Crippen molar-refractivity contribution in [2.75, 3.05) is 0 Å². The molecular formula is C13H18ClF. The molecule has 2 heteroatoms. The molecule has 0 aliphatic rings. The van der Waals surface area contributed by atoms with Gasteiger partial charge in [-0.05, 0) is 36.5 Å². The molecule has 0 saturated heterocycles. The Morgan fingerprint density at radius 3 is 2.40 bits per heavy atom. The Morgan fingerprint density at radius 2 is 1.87 bits per heavy atom. The van der Waals surface area contributed by atoms with E-state index in [0.29, 0.717) is 5.92 Å². The molecule has 0 radical (unpaired) electrons. The van der Waals surface area contributed by atoms with Crippen molar-refractivity contribution in [2.45, 2.75) is 38.5 Å². The first-order chi connectivity index (χ1) is 7.13. The van der Waals surface area contributed by atoms with Crippen molar-refractivity contribution in [3.05, 3.63) is 35.6 Å². The molecule has 1 aromatic carbocycles. The van der Waals surface area contributed by atoms with Gasteiger partial charge in [-0.1, -0.05) is 32.4 Å². The van der Waals surface area contributed by atoms with Crippen LogP contribution in [0.4, 0.5) is 4.39 Å². The van der Waals surface area contributed by atoms with Gasteiger partial charge in [0.2, 0.25) is 0 Å². The molecule has 0 N–H and O–H groups in total. The van der Waals surface area contributed by atoms with E-state index in [-0.39, 0.29) is 11.2 Å². The first-order valence-corrected chi connectivity index (χ1v) is 5.95. The topological polar surface area (TPSA) is 0 Å². The maximum Gasteiger partial charge on any atom is 0.123 e. The maximum absolute atomic E-state index is 12.7. The minimum Gasteiger partial charge on any atom is -0.207 e. The van der Waals surface area contributed by atoms with E-state index in [9.17, 15) is 4.39 Å². The summed E-state index contributed by atoms with van der Waals surface area (Å²) in [7, 11) is 0. The van der Waals surface area contributed by atoms with Crippen LogP contribution in [-0.2, 0) is 6.42 Å². The molecule has 0 aliphatic heterocycles. The lowest BCUT2D eigenvalue weighted by Gasteiger charge is -2.17. The summed E-state index contributed by atoms with van der Waals surface area (Å²) >= 11 is 6.24. The highest BCUT2D eigenvalue weighted by atomic mass is 35.5. The lowest BCUT2D eigenvalue weighted by atomic mass is 9.95. The molecule has 2 atom stereocenters. The summed E-state index contributed by atoms with van der Waals surface area (Å²) in [6.07, 6.45) is 3.08. The smallest absolute Gasteiger partial charge is 0.123 e. The van der Waals surface area contributed by atoms with Crippen LogP contribution in [-0.4, -0.2) is 5.38 Å². The molecule has 0 nitrogen and oxygen atoms in total. The minimum absolute atomic E-state index is 0.178. The van der Waals surface area contributed by atoms with Crippen LogP contribution < -0.4 is 0 Å². The molecule has 0 amide bonds. The number of hydrogen-bond acceptors (Lipinski definition) is 0. The molecule has 0 fully saturated rings. The van der Waals surface area contributed by atoms with Gasteiger partial charge in [-0.15, -0.1) is 11.6 Å². The Kier molecular flexibility index (Phi) is 5.10. The van der Waals surface area contributed by atoms with Crippen molar-refractivity contribution in [3.63, 3.8) is 0 Å². The third-order valence-electron chi connectivity index (χ3n) is 2.65. The second-order valence-electron chi connectivity index (χ2n) is 4.11. The molecule has 2 unspecified atom stereocenters. The summed E-state index contributed by atoms with van der Waals surface area (Å²) in [6, 6.07) is 6.68. The summed E-state index contributed by atoms with van der Waals surface area (Å²) in [5, 5.41) is 0.222. The molecule has 1 aromatic rings. The van der Waals surface area contributed by atoms with Gasteiger partial charge in [0.15, 0.2) is 0 Å². The van der Waals surface area contributed by atoms with Crippen LogP contribution in [0.5, 0.6) is 0 Å². The van der Waals surface area contributed by atoms with Crippen molar-refractivity contribution in [2.24, 2.45) is 5.92 Å². The number of rotatable bonds is 5. The number of alkyl halides is 1. The molecule has 0 aromatic heterocycles. The Hall–Kier alpha value is -0.560. The predicted octanol–water partition coefficient (Wildman–Crippen LogP) is 4.41. The van der Waals surface area contributed by atoms with E-state index in [2.05, 4.69) is 13.8 Å². The monoisotopic (exact) mass is 228 g/mol. The highest BCUT2D eigenvalue weighted by Crippen LogP contribution is 2.20. The van der Waals surface area contributed by atoms with Gasteiger partial charge in [0.25, 0.3) is 0 Å². The van der Waals surface area contributed by atoms with Gasteiger partial charge >= 0.3 is 0 Å². The van der Waals surface area contributed by atoms with Crippen molar-refractivity contribution in [3.8, 4) is 0 Å². The van der Waals surface area contributed by atoms with Gasteiger partial charge in [0.05, 0.1) is 0 Å². The molecule has 0 heterocycles. The lowest BCUT2D eigenvalue weighted by molar-refractivity contribution is 0.512. The van der Waals surface area contributed by atoms with Crippen molar-refractivity contribution >= 4 is 11.6 Å². The fourth-order valence-corrected chi connectivity index (χ4v) is 1.99. The van der Waals surface area contributed by atoms with Gasteiger partial charge in [0.1, 0.15) is 5.82 Å². The number of halogens is 2. The quantitative estimate of drug-likeness (QED) is 0.655. The van der Waals surface area contributed by atoms with Crippen molar-refractivity contribution in [1.82, 2.24) is 0 Å². The van der Waals surface area contributed by atoms with E-state index in [1.165, 1.54) is 12.1 Å². The zero-order chi connectivity index (χ0) is 11.3. The molecular weight excluding hydrogens is 211 g/mol. The summed E-state index contributed by atoms with van der Waals surface area (Å²) in [5.41, 5.74) is 1.16. The van der Waals surface area contributed by atoms with Crippen LogP contribution in [0.15, 0.2) is 24.3 Å². The fraction of sp³-hybridized carbons (Fsp3) is 0.538. The standard InChI is InChI=1S/C13H18ClF/c1-3-4-13(14)10(2)9-11-5-7-12(15)8-6-11/h5-8,10,13H,3-4,9H2,1-2H3. The van der Waals surface area contributed by atoms with Gasteiger partial charge in [0, 0.05) is 5.38 Å². The van der Waals surface area contributed by atoms with Gasteiger partial charge < -0.3 is 0 Å². The molecule has 84 valence electrons. The van der Waals surface area contributed by atoms with Crippen LogP contribution in [0.2, 0.25) is 0 Å². The first kappa shape index (κ1) is 12.5. The Morgan fingerprint density at radius 1 is 1.27 bits per heavy atom. The van der Waals surface area contributed by atoms with E-state index in [0.717, 1.165) is 24.8 Å². The van der Waals surface area contributed by atoms with E-state index < -0.39 is 0 Å². The van der Waals surface area contributed by atoms with Crippen LogP contribution >= 0.6 is 11.6 Å². The van der Waals surface area contributed by atoms with Gasteiger partial charge in [-0.25, -0.2) is 4.39 Å². The average molecular weight is 229 g/mol. The maximum atomic E-state index is 12.7. The van der Waals surface area contributed by atoms with E-state index in [1.807, 2.05) is 12.1 Å². The van der Waals surface area contributed by atoms with E-state index in [4.69, 9.17) is 11.6 Å². The Bertz CT molecular complexity index is 281. The Balaban J connectivity index is 2.50. The molecule has 0 spiro atoms. The second kappa shape index (κ2) is 6.12.